The summed E-state index contributed by atoms with van der Waals surface area (Å²) >= 11 is 0. The van der Waals surface area contributed by atoms with Crippen molar-refractivity contribution in [1.29, 1.82) is 0 Å². The van der Waals surface area contributed by atoms with Gasteiger partial charge in [-0.2, -0.15) is 5.10 Å². The fourth-order valence-electron chi connectivity index (χ4n) is 3.24. The molecule has 1 saturated heterocycles. The second-order valence-corrected chi connectivity index (χ2v) is 6.86. The Balaban J connectivity index is 1.55. The molecule has 0 aliphatic carbocycles. The van der Waals surface area contributed by atoms with E-state index in [9.17, 15) is 4.79 Å². The number of likely N-dealkylation sites (N-methyl/N-ethyl adjacent to an activating group) is 1. The smallest absolute Gasteiger partial charge is 0.236 e. The van der Waals surface area contributed by atoms with E-state index >= 15 is 0 Å². The topological polar surface area (TPSA) is 50.6 Å². The van der Waals surface area contributed by atoms with Crippen LogP contribution in [0, 0.1) is 0 Å². The van der Waals surface area contributed by atoms with E-state index in [4.69, 9.17) is 4.74 Å². The molecule has 3 rings (SSSR count). The summed E-state index contributed by atoms with van der Waals surface area (Å²) in [6.45, 7) is 6.45. The molecule has 2 heterocycles. The minimum atomic E-state index is 0.0992. The van der Waals surface area contributed by atoms with E-state index in [1.807, 2.05) is 78.1 Å². The Morgan fingerprint density at radius 2 is 1.92 bits per heavy atom. The molecule has 2 unspecified atom stereocenters. The second kappa shape index (κ2) is 7.80. The van der Waals surface area contributed by atoms with Crippen LogP contribution in [0.5, 0.6) is 0 Å². The summed E-state index contributed by atoms with van der Waals surface area (Å²) in [5.41, 5.74) is 2.12. The number of rotatable bonds is 5. The van der Waals surface area contributed by atoms with Crippen molar-refractivity contribution in [2.75, 3.05) is 26.7 Å². The first-order valence-electron chi connectivity index (χ1n) is 8.72. The van der Waals surface area contributed by atoms with E-state index in [0.29, 0.717) is 26.2 Å². The monoisotopic (exact) mass is 342 g/mol. The van der Waals surface area contributed by atoms with Crippen molar-refractivity contribution in [2.45, 2.75) is 32.6 Å². The molecule has 0 spiro atoms. The van der Waals surface area contributed by atoms with Crippen LogP contribution in [-0.4, -0.2) is 64.4 Å². The van der Waals surface area contributed by atoms with Gasteiger partial charge >= 0.3 is 0 Å². The molecule has 1 fully saturated rings. The largest absolute Gasteiger partial charge is 0.372 e. The maximum atomic E-state index is 12.5. The van der Waals surface area contributed by atoms with Crippen LogP contribution in [0.3, 0.4) is 0 Å². The number of amides is 1. The average Bonchev–Trinajstić information content (AvgIpc) is 3.03. The van der Waals surface area contributed by atoms with E-state index < -0.39 is 0 Å². The number of hydrogen-bond donors (Lipinski definition) is 0. The summed E-state index contributed by atoms with van der Waals surface area (Å²) in [6, 6.07) is 10.0. The molecule has 0 bridgehead atoms. The summed E-state index contributed by atoms with van der Waals surface area (Å²) in [5.74, 6) is 0.153. The summed E-state index contributed by atoms with van der Waals surface area (Å²) < 4.78 is 7.55. The highest BCUT2D eigenvalue weighted by atomic mass is 16.5. The molecule has 1 aromatic heterocycles. The number of carbonyl (C=O) groups is 1. The number of nitrogens with zero attached hydrogens (tertiary/aromatic N) is 4. The summed E-state index contributed by atoms with van der Waals surface area (Å²) in [4.78, 5) is 16.5. The fraction of sp³-hybridized carbons (Fsp3) is 0.474. The Morgan fingerprint density at radius 3 is 2.60 bits per heavy atom. The van der Waals surface area contributed by atoms with E-state index in [2.05, 4.69) is 5.10 Å². The van der Waals surface area contributed by atoms with Gasteiger partial charge in [-0.1, -0.05) is 18.2 Å². The Kier molecular flexibility index (Phi) is 5.50. The van der Waals surface area contributed by atoms with Crippen molar-refractivity contribution in [3.05, 3.63) is 48.3 Å². The molecular weight excluding hydrogens is 316 g/mol. The third kappa shape index (κ3) is 4.67. The van der Waals surface area contributed by atoms with Crippen LogP contribution in [0.1, 0.15) is 19.4 Å². The first-order valence-corrected chi connectivity index (χ1v) is 8.72. The lowest BCUT2D eigenvalue weighted by Gasteiger charge is -2.36. The zero-order valence-electron chi connectivity index (χ0n) is 15.1. The van der Waals surface area contributed by atoms with Crippen LogP contribution in [0.2, 0.25) is 0 Å². The number of ether oxygens (including phenoxy) is 1. The maximum Gasteiger partial charge on any atom is 0.236 e. The van der Waals surface area contributed by atoms with Gasteiger partial charge in [0.1, 0.15) is 0 Å². The molecule has 1 aromatic carbocycles. The lowest BCUT2D eigenvalue weighted by atomic mass is 10.2. The van der Waals surface area contributed by atoms with Gasteiger partial charge in [0.25, 0.3) is 0 Å². The zero-order chi connectivity index (χ0) is 17.8. The van der Waals surface area contributed by atoms with Gasteiger partial charge in [-0.15, -0.1) is 0 Å². The molecule has 1 aliphatic heterocycles. The van der Waals surface area contributed by atoms with E-state index in [1.54, 1.807) is 0 Å². The van der Waals surface area contributed by atoms with Crippen molar-refractivity contribution < 1.29 is 9.53 Å². The minimum absolute atomic E-state index is 0.0992. The molecule has 6 heteroatoms. The van der Waals surface area contributed by atoms with Gasteiger partial charge < -0.3 is 9.64 Å². The van der Waals surface area contributed by atoms with Gasteiger partial charge in [0.2, 0.25) is 5.91 Å². The third-order valence-electron chi connectivity index (χ3n) is 4.29. The Morgan fingerprint density at radius 1 is 1.24 bits per heavy atom. The van der Waals surface area contributed by atoms with Crippen LogP contribution in [0.15, 0.2) is 42.7 Å². The SMILES string of the molecule is CC1CN(C(=O)CN(C)Cc2cnn(-c3ccccc3)c2)CC(C)O1. The molecule has 0 radical (unpaired) electrons. The zero-order valence-corrected chi connectivity index (χ0v) is 15.1. The van der Waals surface area contributed by atoms with E-state index in [-0.39, 0.29) is 18.1 Å². The third-order valence-corrected chi connectivity index (χ3v) is 4.29. The molecule has 0 N–H and O–H groups in total. The first-order chi connectivity index (χ1) is 12.0. The van der Waals surface area contributed by atoms with Crippen LogP contribution in [0.4, 0.5) is 0 Å². The number of morpholine rings is 1. The molecule has 6 nitrogen and oxygen atoms in total. The van der Waals surface area contributed by atoms with E-state index in [0.717, 1.165) is 11.3 Å². The van der Waals surface area contributed by atoms with Crippen molar-refractivity contribution >= 4 is 5.91 Å². The molecular formula is C19H26N4O2. The number of carbonyl (C=O) groups excluding carboxylic acids is 1. The molecule has 25 heavy (non-hydrogen) atoms. The highest BCUT2D eigenvalue weighted by Crippen LogP contribution is 2.12. The van der Waals surface area contributed by atoms with Crippen molar-refractivity contribution in [3.8, 4) is 5.69 Å². The normalized spacial score (nSPS) is 20.9. The Hall–Kier alpha value is -2.18. The lowest BCUT2D eigenvalue weighted by Crippen LogP contribution is -2.50. The standard InChI is InChI=1S/C19H26N4O2/c1-15-10-22(11-16(2)25-15)19(24)14-21(3)12-17-9-20-23(13-17)18-7-5-4-6-8-18/h4-9,13,15-16H,10-12,14H2,1-3H3. The fourth-order valence-corrected chi connectivity index (χ4v) is 3.24. The predicted molar refractivity (Wildman–Crippen MR) is 96.5 cm³/mol. The number of para-hydroxylation sites is 1. The van der Waals surface area contributed by atoms with Crippen molar-refractivity contribution in [1.82, 2.24) is 19.6 Å². The van der Waals surface area contributed by atoms with Gasteiger partial charge in [0.15, 0.2) is 0 Å². The summed E-state index contributed by atoms with van der Waals surface area (Å²) in [6.07, 6.45) is 4.06. The van der Waals surface area contributed by atoms with Gasteiger partial charge in [-0.05, 0) is 33.0 Å². The van der Waals surface area contributed by atoms with Gasteiger partial charge in [0, 0.05) is 31.4 Å². The lowest BCUT2D eigenvalue weighted by molar-refractivity contribution is -0.144. The number of aromatic nitrogens is 2. The quantitative estimate of drug-likeness (QED) is 0.833. The van der Waals surface area contributed by atoms with Gasteiger partial charge in [-0.25, -0.2) is 4.68 Å². The summed E-state index contributed by atoms with van der Waals surface area (Å²) in [7, 11) is 1.96. The number of hydrogen-bond acceptors (Lipinski definition) is 4. The molecule has 0 saturated carbocycles. The van der Waals surface area contributed by atoms with Gasteiger partial charge in [0.05, 0.1) is 30.6 Å². The highest BCUT2D eigenvalue weighted by Gasteiger charge is 2.26. The first kappa shape index (κ1) is 17.6. The average molecular weight is 342 g/mol. The Bertz CT molecular complexity index is 690. The number of benzene rings is 1. The molecule has 1 aliphatic rings. The molecule has 2 atom stereocenters. The molecule has 2 aromatic rings. The van der Waals surface area contributed by atoms with Gasteiger partial charge in [-0.3, -0.25) is 9.69 Å². The molecule has 134 valence electrons. The van der Waals surface area contributed by atoms with Crippen molar-refractivity contribution in [2.24, 2.45) is 0 Å². The van der Waals surface area contributed by atoms with Crippen LogP contribution >= 0.6 is 0 Å². The maximum absolute atomic E-state index is 12.5. The predicted octanol–water partition coefficient (Wildman–Crippen LogP) is 1.94. The van der Waals surface area contributed by atoms with E-state index in [1.165, 1.54) is 0 Å². The second-order valence-electron chi connectivity index (χ2n) is 6.86. The van der Waals surface area contributed by atoms with Crippen LogP contribution in [0.25, 0.3) is 5.69 Å². The van der Waals surface area contributed by atoms with Crippen LogP contribution in [-0.2, 0) is 16.1 Å². The summed E-state index contributed by atoms with van der Waals surface area (Å²) in [5, 5.41) is 4.41. The van der Waals surface area contributed by atoms with Crippen LogP contribution < -0.4 is 0 Å². The highest BCUT2D eigenvalue weighted by molar-refractivity contribution is 5.78. The van der Waals surface area contributed by atoms with Crippen molar-refractivity contribution in [3.63, 3.8) is 0 Å². The molecule has 1 amide bonds. The Labute approximate surface area is 149 Å². The minimum Gasteiger partial charge on any atom is -0.372 e.